The van der Waals surface area contributed by atoms with Crippen LogP contribution in [0.4, 0.5) is 5.69 Å². The zero-order chi connectivity index (χ0) is 13.7. The highest BCUT2D eigenvalue weighted by Gasteiger charge is 2.08. The van der Waals surface area contributed by atoms with Crippen LogP contribution in [0, 0.1) is 0 Å². The van der Waals surface area contributed by atoms with E-state index in [0.29, 0.717) is 5.56 Å². The molecule has 0 saturated heterocycles. The maximum absolute atomic E-state index is 10.6. The first-order chi connectivity index (χ1) is 9.20. The molecule has 1 aromatic heterocycles. The molecule has 0 spiro atoms. The molecule has 0 aliphatic carbocycles. The van der Waals surface area contributed by atoms with Crippen molar-refractivity contribution >= 4 is 23.7 Å². The predicted octanol–water partition coefficient (Wildman–Crippen LogP) is 1.88. The monoisotopic (exact) mass is 276 g/mol. The van der Waals surface area contributed by atoms with Crippen molar-refractivity contribution in [3.8, 4) is 0 Å². The van der Waals surface area contributed by atoms with E-state index in [1.807, 2.05) is 43.7 Å². The molecule has 19 heavy (non-hydrogen) atoms. The first-order valence-electron chi connectivity index (χ1n) is 6.13. The van der Waals surface area contributed by atoms with Gasteiger partial charge in [-0.05, 0) is 36.0 Å². The number of H-pyrrole nitrogens is 1. The number of aromatic amines is 1. The second kappa shape index (κ2) is 6.43. The van der Waals surface area contributed by atoms with Crippen LogP contribution in [0.15, 0.2) is 41.8 Å². The average Bonchev–Trinajstić information content (AvgIpc) is 2.84. The van der Waals surface area contributed by atoms with E-state index in [1.165, 1.54) is 0 Å². The van der Waals surface area contributed by atoms with Crippen molar-refractivity contribution in [3.63, 3.8) is 0 Å². The number of aldehydes is 1. The molecule has 0 amide bonds. The molecule has 1 heterocycles. The smallest absolute Gasteiger partial charge is 0.315 e. The zero-order valence-corrected chi connectivity index (χ0v) is 12.0. The minimum absolute atomic E-state index is 0.713. The summed E-state index contributed by atoms with van der Waals surface area (Å²) in [5.74, 6) is 1.00. The molecule has 2 rings (SSSR count). The Morgan fingerprint density at radius 2 is 2.11 bits per heavy atom. The Hall–Kier alpha value is -1.75. The number of nitrogens with zero attached hydrogens (tertiary/aromatic N) is 2. The average molecular weight is 276 g/mol. The third kappa shape index (κ3) is 3.61. The molecular weight excluding hydrogens is 258 g/mol. The van der Waals surface area contributed by atoms with Crippen molar-refractivity contribution in [2.24, 2.45) is 7.05 Å². The van der Waals surface area contributed by atoms with Gasteiger partial charge in [-0.25, -0.2) is 9.55 Å². The maximum Gasteiger partial charge on any atom is 0.315 e. The summed E-state index contributed by atoms with van der Waals surface area (Å²) in [4.78, 5) is 16.0. The van der Waals surface area contributed by atoms with Gasteiger partial charge in [-0.2, -0.15) is 0 Å². The quantitative estimate of drug-likeness (QED) is 0.497. The third-order valence-electron chi connectivity index (χ3n) is 2.96. The molecule has 0 aliphatic heterocycles. The van der Waals surface area contributed by atoms with Gasteiger partial charge in [-0.1, -0.05) is 0 Å². The van der Waals surface area contributed by atoms with Crippen molar-refractivity contribution in [2.45, 2.75) is 5.16 Å². The fraction of sp³-hybridized carbons (Fsp3) is 0.286. The minimum atomic E-state index is 0.713. The number of anilines is 1. The van der Waals surface area contributed by atoms with Crippen LogP contribution >= 0.6 is 11.8 Å². The molecule has 0 atom stereocenters. The van der Waals surface area contributed by atoms with Crippen LogP contribution in [0.2, 0.25) is 0 Å². The summed E-state index contributed by atoms with van der Waals surface area (Å²) in [5, 5.41) is 1.16. The number of rotatable bonds is 6. The van der Waals surface area contributed by atoms with Gasteiger partial charge >= 0.3 is 5.16 Å². The number of aromatic nitrogens is 2. The molecule has 0 fully saturated rings. The SMILES string of the molecule is CN(CCSc1[nH]cc[n+]1C)c1ccc(C=O)cc1. The zero-order valence-electron chi connectivity index (χ0n) is 11.2. The third-order valence-corrected chi connectivity index (χ3v) is 4.03. The molecule has 1 N–H and O–H groups in total. The minimum Gasteiger partial charge on any atom is -0.374 e. The fourth-order valence-electron chi connectivity index (χ4n) is 1.75. The number of hydrogen-bond donors (Lipinski definition) is 1. The summed E-state index contributed by atoms with van der Waals surface area (Å²) >= 11 is 1.79. The highest BCUT2D eigenvalue weighted by molar-refractivity contribution is 7.99. The molecule has 0 unspecified atom stereocenters. The van der Waals surface area contributed by atoms with Crippen LogP contribution < -0.4 is 9.47 Å². The number of benzene rings is 1. The number of carbonyl (C=O) groups excluding carboxylic acids is 1. The van der Waals surface area contributed by atoms with Crippen molar-refractivity contribution in [3.05, 3.63) is 42.2 Å². The van der Waals surface area contributed by atoms with E-state index in [9.17, 15) is 4.79 Å². The van der Waals surface area contributed by atoms with Gasteiger partial charge in [0, 0.05) is 30.6 Å². The van der Waals surface area contributed by atoms with E-state index in [1.54, 1.807) is 11.8 Å². The Kier molecular flexibility index (Phi) is 4.63. The van der Waals surface area contributed by atoms with E-state index in [4.69, 9.17) is 0 Å². The molecule has 0 bridgehead atoms. The highest BCUT2D eigenvalue weighted by Crippen LogP contribution is 2.15. The first-order valence-corrected chi connectivity index (χ1v) is 7.11. The Morgan fingerprint density at radius 3 is 2.68 bits per heavy atom. The molecule has 1 aromatic carbocycles. The Balaban J connectivity index is 1.85. The second-order valence-corrected chi connectivity index (χ2v) is 5.44. The Labute approximate surface area is 117 Å². The molecular formula is C14H18N3OS+. The lowest BCUT2D eigenvalue weighted by Gasteiger charge is -2.18. The molecule has 0 saturated carbocycles. The van der Waals surface area contributed by atoms with E-state index in [0.717, 1.165) is 29.4 Å². The predicted molar refractivity (Wildman–Crippen MR) is 77.8 cm³/mol. The molecule has 0 aliphatic rings. The van der Waals surface area contributed by atoms with Gasteiger partial charge in [-0.15, -0.1) is 0 Å². The van der Waals surface area contributed by atoms with E-state index in [-0.39, 0.29) is 0 Å². The van der Waals surface area contributed by atoms with Gasteiger partial charge in [0.15, 0.2) is 0 Å². The summed E-state index contributed by atoms with van der Waals surface area (Å²) < 4.78 is 2.07. The van der Waals surface area contributed by atoms with Crippen molar-refractivity contribution in [1.82, 2.24) is 4.98 Å². The number of hydrogen-bond acceptors (Lipinski definition) is 3. The molecule has 5 heteroatoms. The summed E-state index contributed by atoms with van der Waals surface area (Å²) in [6.07, 6.45) is 4.80. The van der Waals surface area contributed by atoms with Crippen molar-refractivity contribution in [1.29, 1.82) is 0 Å². The van der Waals surface area contributed by atoms with Crippen LogP contribution in [0.25, 0.3) is 0 Å². The van der Waals surface area contributed by atoms with E-state index < -0.39 is 0 Å². The van der Waals surface area contributed by atoms with Gasteiger partial charge in [-0.3, -0.25) is 4.79 Å². The van der Waals surface area contributed by atoms with Crippen molar-refractivity contribution < 1.29 is 9.36 Å². The van der Waals surface area contributed by atoms with E-state index in [2.05, 4.69) is 21.5 Å². The van der Waals surface area contributed by atoms with Crippen LogP contribution in [-0.2, 0) is 7.05 Å². The van der Waals surface area contributed by atoms with Crippen molar-refractivity contribution in [2.75, 3.05) is 24.2 Å². The standard InChI is InChI=1S/C14H17N3OS/c1-16(13-5-3-12(11-18)4-6-13)9-10-19-14-15-7-8-17(14)2/h3-8,11H,9-10H2,1-2H3/p+1. The molecule has 4 nitrogen and oxygen atoms in total. The second-order valence-electron chi connectivity index (χ2n) is 4.36. The lowest BCUT2D eigenvalue weighted by molar-refractivity contribution is -0.708. The highest BCUT2D eigenvalue weighted by atomic mass is 32.2. The normalized spacial score (nSPS) is 10.4. The van der Waals surface area contributed by atoms with Crippen LogP contribution in [0.5, 0.6) is 0 Å². The lowest BCUT2D eigenvalue weighted by atomic mass is 10.2. The molecule has 2 aromatic rings. The number of carbonyl (C=O) groups is 1. The Bertz CT molecular complexity index is 536. The van der Waals surface area contributed by atoms with Crippen LogP contribution in [0.3, 0.4) is 0 Å². The number of thioether (sulfide) groups is 1. The number of imidazole rings is 1. The topological polar surface area (TPSA) is 40.0 Å². The number of nitrogens with one attached hydrogen (secondary N) is 1. The van der Waals surface area contributed by atoms with E-state index >= 15 is 0 Å². The van der Waals surface area contributed by atoms with Gasteiger partial charge in [0.05, 0.1) is 7.05 Å². The van der Waals surface area contributed by atoms with Crippen LogP contribution in [0.1, 0.15) is 10.4 Å². The van der Waals surface area contributed by atoms with Crippen LogP contribution in [-0.4, -0.2) is 30.6 Å². The van der Waals surface area contributed by atoms with Gasteiger partial charge in [0.25, 0.3) is 0 Å². The largest absolute Gasteiger partial charge is 0.374 e. The summed E-state index contributed by atoms with van der Waals surface area (Å²) in [6.45, 7) is 0.949. The first kappa shape index (κ1) is 13.7. The van der Waals surface area contributed by atoms with Gasteiger partial charge < -0.3 is 4.90 Å². The lowest BCUT2D eigenvalue weighted by Crippen LogP contribution is -2.28. The maximum atomic E-state index is 10.6. The Morgan fingerprint density at radius 1 is 1.37 bits per heavy atom. The van der Waals surface area contributed by atoms with Gasteiger partial charge in [0.1, 0.15) is 18.7 Å². The van der Waals surface area contributed by atoms with Gasteiger partial charge in [0.2, 0.25) is 0 Å². The molecule has 100 valence electrons. The fourth-order valence-corrected chi connectivity index (χ4v) is 2.72. The summed E-state index contributed by atoms with van der Waals surface area (Å²) in [7, 11) is 4.09. The number of aryl methyl sites for hydroxylation is 1. The summed E-state index contributed by atoms with van der Waals surface area (Å²) in [5.41, 5.74) is 1.84. The molecule has 0 radical (unpaired) electrons. The summed E-state index contributed by atoms with van der Waals surface area (Å²) in [6, 6.07) is 7.64.